The molecule has 2 aromatic carbocycles. The van der Waals surface area contributed by atoms with E-state index in [9.17, 15) is 8.42 Å². The molecule has 0 bridgehead atoms. The molecule has 2 aromatic rings. The molecule has 0 spiro atoms. The second kappa shape index (κ2) is 6.31. The van der Waals surface area contributed by atoms with Gasteiger partial charge < -0.3 is 0 Å². The van der Waals surface area contributed by atoms with Crippen LogP contribution in [0.5, 0.6) is 0 Å². The number of benzene rings is 2. The van der Waals surface area contributed by atoms with Crippen molar-refractivity contribution in [1.82, 2.24) is 0 Å². The van der Waals surface area contributed by atoms with Crippen molar-refractivity contribution in [2.75, 3.05) is 0 Å². The first-order valence-corrected chi connectivity index (χ1v) is 9.86. The molecule has 0 saturated heterocycles. The second-order valence-corrected chi connectivity index (χ2v) is 8.93. The summed E-state index contributed by atoms with van der Waals surface area (Å²) in [6.07, 6.45) is 3.59. The Hall–Kier alpha value is -0.890. The minimum absolute atomic E-state index is 0.351. The summed E-state index contributed by atoms with van der Waals surface area (Å²) in [5.74, 6) is 0. The Balaban J connectivity index is 2.11. The fraction of sp³-hybridized carbons (Fsp3) is 0.294. The lowest BCUT2D eigenvalue weighted by Crippen LogP contribution is -2.15. The Morgan fingerprint density at radius 1 is 1.05 bits per heavy atom. The van der Waals surface area contributed by atoms with Crippen LogP contribution in [0.3, 0.4) is 0 Å². The van der Waals surface area contributed by atoms with Crippen molar-refractivity contribution in [2.45, 2.75) is 35.8 Å². The third-order valence-corrected chi connectivity index (χ3v) is 6.98. The lowest BCUT2D eigenvalue weighted by Gasteiger charge is -2.19. The number of hydrogen-bond donors (Lipinski definition) is 0. The average molecular weight is 353 g/mol. The van der Waals surface area contributed by atoms with E-state index in [1.54, 1.807) is 24.3 Å². The van der Waals surface area contributed by atoms with Crippen LogP contribution in [0.15, 0.2) is 47.4 Å². The van der Waals surface area contributed by atoms with E-state index in [1.807, 2.05) is 12.1 Å². The van der Waals surface area contributed by atoms with Gasteiger partial charge in [0.1, 0.15) is 0 Å². The predicted molar refractivity (Wildman–Crippen MR) is 94.7 cm³/mol. The summed E-state index contributed by atoms with van der Waals surface area (Å²) < 4.78 is 26.2. The van der Waals surface area contributed by atoms with Gasteiger partial charge in [-0.3, -0.25) is 0 Å². The van der Waals surface area contributed by atoms with Gasteiger partial charge in [-0.1, -0.05) is 36.2 Å². The Bertz CT molecular complexity index is 785. The van der Waals surface area contributed by atoms with Crippen molar-refractivity contribution >= 4 is 36.0 Å². The largest absolute Gasteiger partial charge is 0.223 e. The molecule has 116 valence electrons. The van der Waals surface area contributed by atoms with Gasteiger partial charge in [0.15, 0.2) is 9.84 Å². The molecule has 0 radical (unpaired) electrons. The molecule has 2 atom stereocenters. The van der Waals surface area contributed by atoms with Crippen LogP contribution < -0.4 is 5.30 Å². The zero-order chi connectivity index (χ0) is 15.7. The van der Waals surface area contributed by atoms with Crippen molar-refractivity contribution in [1.29, 1.82) is 0 Å². The lowest BCUT2D eigenvalue weighted by atomic mass is 10.0. The van der Waals surface area contributed by atoms with Crippen LogP contribution >= 0.6 is 20.8 Å². The molecular formula is C17H18ClO2PS. The minimum Gasteiger partial charge on any atom is -0.223 e. The summed E-state index contributed by atoms with van der Waals surface area (Å²) in [6, 6.07) is 12.6. The molecule has 0 aromatic heterocycles. The number of fused-ring (bicyclic) bond motifs is 1. The Morgan fingerprint density at radius 3 is 2.50 bits per heavy atom. The van der Waals surface area contributed by atoms with Gasteiger partial charge in [0.2, 0.25) is 0 Å². The summed E-state index contributed by atoms with van der Waals surface area (Å²) >= 11 is 5.88. The molecule has 0 saturated carbocycles. The van der Waals surface area contributed by atoms with Gasteiger partial charge in [-0.05, 0) is 60.0 Å². The zero-order valence-corrected chi connectivity index (χ0v) is 14.9. The van der Waals surface area contributed by atoms with Gasteiger partial charge in [-0.25, -0.2) is 8.42 Å². The second-order valence-electron chi connectivity index (χ2n) is 5.69. The van der Waals surface area contributed by atoms with Crippen LogP contribution in [0.25, 0.3) is 0 Å². The molecule has 0 N–H and O–H groups in total. The molecule has 1 aliphatic rings. The van der Waals surface area contributed by atoms with E-state index in [4.69, 9.17) is 11.6 Å². The average Bonchev–Trinajstić information content (AvgIpc) is 2.70. The Labute approximate surface area is 139 Å². The smallest absolute Gasteiger partial charge is 0.185 e. The van der Waals surface area contributed by atoms with Crippen molar-refractivity contribution in [3.05, 3.63) is 58.6 Å². The summed E-state index contributed by atoms with van der Waals surface area (Å²) in [7, 11) is -0.744. The monoisotopic (exact) mass is 352 g/mol. The first-order valence-electron chi connectivity index (χ1n) is 7.36. The van der Waals surface area contributed by atoms with Crippen LogP contribution in [-0.4, -0.2) is 8.42 Å². The summed E-state index contributed by atoms with van der Waals surface area (Å²) in [5.41, 5.74) is 2.12. The normalized spacial score (nSPS) is 18.5. The van der Waals surface area contributed by atoms with Gasteiger partial charge in [0, 0.05) is 5.02 Å². The van der Waals surface area contributed by atoms with E-state index in [0.717, 1.165) is 35.7 Å². The highest BCUT2D eigenvalue weighted by Gasteiger charge is 2.31. The van der Waals surface area contributed by atoms with Crippen molar-refractivity contribution in [3.63, 3.8) is 0 Å². The summed E-state index contributed by atoms with van der Waals surface area (Å²) in [6.45, 7) is 0. The fourth-order valence-corrected chi connectivity index (χ4v) is 5.33. The molecule has 0 heterocycles. The van der Waals surface area contributed by atoms with Gasteiger partial charge in [-0.2, -0.15) is 0 Å². The molecule has 0 amide bonds. The Kier molecular flexibility index (Phi) is 4.59. The van der Waals surface area contributed by atoms with E-state index < -0.39 is 15.1 Å². The molecule has 0 fully saturated rings. The topological polar surface area (TPSA) is 34.1 Å². The molecule has 3 rings (SSSR count). The highest BCUT2D eigenvalue weighted by molar-refractivity contribution is 7.91. The molecule has 2 nitrogen and oxygen atoms in total. The number of aryl methyl sites for hydroxylation is 1. The highest BCUT2D eigenvalue weighted by Crippen LogP contribution is 2.38. The number of sulfone groups is 1. The molecule has 2 unspecified atom stereocenters. The third-order valence-electron chi connectivity index (χ3n) is 4.20. The number of rotatable bonds is 2. The van der Waals surface area contributed by atoms with E-state index in [1.165, 1.54) is 0 Å². The molecule has 0 aliphatic heterocycles. The summed E-state index contributed by atoms with van der Waals surface area (Å²) in [5, 5.41) is 1.11. The summed E-state index contributed by atoms with van der Waals surface area (Å²) in [4.78, 5) is 0.351. The van der Waals surface area contributed by atoms with Gasteiger partial charge >= 0.3 is 0 Å². The molecule has 22 heavy (non-hydrogen) atoms. The number of hydrogen-bond acceptors (Lipinski definition) is 2. The van der Waals surface area contributed by atoms with Crippen LogP contribution in [0.2, 0.25) is 5.02 Å². The first-order chi connectivity index (χ1) is 10.5. The first kappa shape index (κ1) is 16.0. The van der Waals surface area contributed by atoms with Crippen LogP contribution in [-0.2, 0) is 16.3 Å². The van der Waals surface area contributed by atoms with Crippen molar-refractivity contribution in [3.8, 4) is 0 Å². The SMILES string of the molecule is O=S(=O)(c1ccc(Cl)cc1)C1CCCCc2ccc(P)cc21. The zero-order valence-electron chi connectivity index (χ0n) is 12.1. The molecule has 5 heteroatoms. The van der Waals surface area contributed by atoms with Crippen molar-refractivity contribution < 1.29 is 8.42 Å². The van der Waals surface area contributed by atoms with Crippen LogP contribution in [0.4, 0.5) is 0 Å². The van der Waals surface area contributed by atoms with E-state index in [-0.39, 0.29) is 0 Å². The van der Waals surface area contributed by atoms with Crippen LogP contribution in [0.1, 0.15) is 35.6 Å². The number of halogens is 1. The maximum absolute atomic E-state index is 13.1. The van der Waals surface area contributed by atoms with Gasteiger partial charge in [-0.15, -0.1) is 9.24 Å². The van der Waals surface area contributed by atoms with E-state index in [2.05, 4.69) is 15.3 Å². The molecule has 1 aliphatic carbocycles. The molecular weight excluding hydrogens is 335 g/mol. The minimum atomic E-state index is -3.40. The standard InChI is InChI=1S/C17H18ClO2PS/c18-13-6-9-15(10-7-13)22(19,20)17-4-2-1-3-12-5-8-14(21)11-16(12)17/h5-11,17H,1-4,21H2. The maximum Gasteiger partial charge on any atom is 0.185 e. The Morgan fingerprint density at radius 2 is 1.77 bits per heavy atom. The van der Waals surface area contributed by atoms with E-state index in [0.29, 0.717) is 16.3 Å². The van der Waals surface area contributed by atoms with Gasteiger partial charge in [0.05, 0.1) is 10.1 Å². The lowest BCUT2D eigenvalue weighted by molar-refractivity contribution is 0.571. The van der Waals surface area contributed by atoms with Gasteiger partial charge in [0.25, 0.3) is 0 Å². The van der Waals surface area contributed by atoms with E-state index >= 15 is 0 Å². The van der Waals surface area contributed by atoms with Crippen LogP contribution in [0, 0.1) is 0 Å². The fourth-order valence-electron chi connectivity index (χ4n) is 3.05. The predicted octanol–water partition coefficient (Wildman–Crippen LogP) is 4.08. The maximum atomic E-state index is 13.1. The third kappa shape index (κ3) is 3.08. The highest BCUT2D eigenvalue weighted by atomic mass is 35.5. The quantitative estimate of drug-likeness (QED) is 0.603. The van der Waals surface area contributed by atoms with Crippen molar-refractivity contribution in [2.24, 2.45) is 0 Å².